The second-order valence-corrected chi connectivity index (χ2v) is 5.28. The van der Waals surface area contributed by atoms with E-state index in [1.165, 1.54) is 0 Å². The van der Waals surface area contributed by atoms with Gasteiger partial charge in [-0.2, -0.15) is 0 Å². The van der Waals surface area contributed by atoms with Crippen molar-refractivity contribution in [1.29, 1.82) is 0 Å². The summed E-state index contributed by atoms with van der Waals surface area (Å²) < 4.78 is 13.2. The van der Waals surface area contributed by atoms with E-state index in [0.29, 0.717) is 30.2 Å². The predicted octanol–water partition coefficient (Wildman–Crippen LogP) is 3.95. The van der Waals surface area contributed by atoms with Gasteiger partial charge in [0.05, 0.1) is 6.61 Å². The maximum absolute atomic E-state index is 12.5. The number of aryl methyl sites for hydroxylation is 1. The average molecular weight is 313 g/mol. The van der Waals surface area contributed by atoms with Gasteiger partial charge in [-0.1, -0.05) is 18.2 Å². The zero-order chi connectivity index (χ0) is 16.8. The molecule has 1 heterocycles. The molecule has 0 unspecified atom stereocenters. The number of aromatic nitrogens is 1. The fourth-order valence-corrected chi connectivity index (χ4v) is 2.56. The van der Waals surface area contributed by atoms with Crippen molar-refractivity contribution in [2.24, 2.45) is 0 Å². The van der Waals surface area contributed by atoms with E-state index in [2.05, 4.69) is 11.1 Å². The van der Waals surface area contributed by atoms with Crippen LogP contribution in [0.4, 0.5) is 0 Å². The van der Waals surface area contributed by atoms with E-state index in [-0.39, 0.29) is 12.4 Å². The zero-order valence-electron chi connectivity index (χ0n) is 14.0. The fourth-order valence-electron chi connectivity index (χ4n) is 2.56. The predicted molar refractivity (Wildman–Crippen MR) is 91.5 cm³/mol. The van der Waals surface area contributed by atoms with Gasteiger partial charge in [0.1, 0.15) is 0 Å². The molecule has 23 heavy (non-hydrogen) atoms. The summed E-state index contributed by atoms with van der Waals surface area (Å²) in [4.78, 5) is 12.5. The summed E-state index contributed by atoms with van der Waals surface area (Å²) in [5.41, 5.74) is 2.67. The molecule has 0 bridgehead atoms. The second kappa shape index (κ2) is 7.68. The average Bonchev–Trinajstić information content (AvgIpc) is 2.83. The van der Waals surface area contributed by atoms with Crippen LogP contribution < -0.4 is 9.47 Å². The Morgan fingerprint density at radius 2 is 1.87 bits per heavy atom. The number of carbonyl (C=O) groups is 1. The van der Waals surface area contributed by atoms with Gasteiger partial charge < -0.3 is 14.0 Å². The van der Waals surface area contributed by atoms with Crippen LogP contribution in [0, 0.1) is 13.8 Å². The molecular weight excluding hydrogens is 290 g/mol. The highest BCUT2D eigenvalue weighted by Crippen LogP contribution is 2.26. The Balaban J connectivity index is 2.11. The minimum absolute atomic E-state index is 0.0114. The van der Waals surface area contributed by atoms with E-state index in [4.69, 9.17) is 9.47 Å². The summed E-state index contributed by atoms with van der Waals surface area (Å²) in [5.74, 6) is 1.20. The number of allylic oxidation sites excluding steroid dienone is 1. The Hall–Kier alpha value is -2.49. The number of hydrogen-bond donors (Lipinski definition) is 0. The molecule has 0 spiro atoms. The van der Waals surface area contributed by atoms with Crippen LogP contribution >= 0.6 is 0 Å². The molecule has 0 atom stereocenters. The van der Waals surface area contributed by atoms with Gasteiger partial charge in [-0.25, -0.2) is 0 Å². The summed E-state index contributed by atoms with van der Waals surface area (Å²) in [6.07, 6.45) is 1.82. The first-order valence-electron chi connectivity index (χ1n) is 7.74. The number of para-hydroxylation sites is 2. The minimum Gasteiger partial charge on any atom is -0.490 e. The highest BCUT2D eigenvalue weighted by Gasteiger charge is 2.16. The van der Waals surface area contributed by atoms with Crippen molar-refractivity contribution in [3.05, 3.63) is 59.9 Å². The van der Waals surface area contributed by atoms with Crippen LogP contribution in [0.2, 0.25) is 0 Å². The Labute approximate surface area is 137 Å². The quantitative estimate of drug-likeness (QED) is 0.547. The number of nitrogens with zero attached hydrogens (tertiary/aromatic N) is 1. The first-order valence-corrected chi connectivity index (χ1v) is 7.74. The molecule has 122 valence electrons. The van der Waals surface area contributed by atoms with Crippen LogP contribution in [0.25, 0.3) is 0 Å². The topological polar surface area (TPSA) is 40.5 Å². The lowest BCUT2D eigenvalue weighted by atomic mass is 10.1. The Kier molecular flexibility index (Phi) is 5.63. The van der Waals surface area contributed by atoms with Crippen LogP contribution in [0.5, 0.6) is 11.5 Å². The van der Waals surface area contributed by atoms with Gasteiger partial charge in [0.15, 0.2) is 18.1 Å². The van der Waals surface area contributed by atoms with Crippen molar-refractivity contribution in [2.45, 2.75) is 27.3 Å². The summed E-state index contributed by atoms with van der Waals surface area (Å²) >= 11 is 0. The molecule has 1 aromatic carbocycles. The summed E-state index contributed by atoms with van der Waals surface area (Å²) in [7, 11) is 0. The molecule has 0 radical (unpaired) electrons. The Morgan fingerprint density at radius 1 is 1.22 bits per heavy atom. The van der Waals surface area contributed by atoms with E-state index in [1.54, 1.807) is 6.07 Å². The summed E-state index contributed by atoms with van der Waals surface area (Å²) in [6.45, 7) is 10.8. The Bertz CT molecular complexity index is 701. The summed E-state index contributed by atoms with van der Waals surface area (Å²) in [6, 6.07) is 9.28. The van der Waals surface area contributed by atoms with E-state index in [1.807, 2.05) is 51.1 Å². The Morgan fingerprint density at radius 3 is 2.48 bits per heavy atom. The van der Waals surface area contributed by atoms with Crippen molar-refractivity contribution in [3.63, 3.8) is 0 Å². The van der Waals surface area contributed by atoms with Crippen molar-refractivity contribution in [2.75, 3.05) is 13.2 Å². The third-order valence-electron chi connectivity index (χ3n) is 3.69. The van der Waals surface area contributed by atoms with Gasteiger partial charge in [-0.05, 0) is 39.0 Å². The lowest BCUT2D eigenvalue weighted by molar-refractivity contribution is 0.0918. The lowest BCUT2D eigenvalue weighted by Gasteiger charge is -2.11. The lowest BCUT2D eigenvalue weighted by Crippen LogP contribution is -2.13. The minimum atomic E-state index is -0.0419. The van der Waals surface area contributed by atoms with Crippen LogP contribution in [-0.2, 0) is 6.54 Å². The third-order valence-corrected chi connectivity index (χ3v) is 3.69. The number of ether oxygens (including phenoxy) is 2. The van der Waals surface area contributed by atoms with E-state index in [9.17, 15) is 4.79 Å². The SMILES string of the molecule is C=CCn1c(C)cc(C(=O)COc2ccccc2OCC)c1C. The summed E-state index contributed by atoms with van der Waals surface area (Å²) in [5, 5.41) is 0. The molecule has 0 aliphatic heterocycles. The molecule has 4 nitrogen and oxygen atoms in total. The number of hydrogen-bond acceptors (Lipinski definition) is 3. The van der Waals surface area contributed by atoms with Crippen molar-refractivity contribution < 1.29 is 14.3 Å². The molecule has 2 aromatic rings. The largest absolute Gasteiger partial charge is 0.490 e. The van der Waals surface area contributed by atoms with Crippen LogP contribution in [0.1, 0.15) is 28.7 Å². The molecule has 0 amide bonds. The molecule has 0 aliphatic carbocycles. The second-order valence-electron chi connectivity index (χ2n) is 5.28. The standard InChI is InChI=1S/C19H23NO3/c1-5-11-20-14(3)12-16(15(20)4)17(21)13-23-19-10-8-7-9-18(19)22-6-2/h5,7-10,12H,1,6,11,13H2,2-4H3. The molecule has 0 fully saturated rings. The smallest absolute Gasteiger partial charge is 0.202 e. The van der Waals surface area contributed by atoms with Gasteiger partial charge in [-0.3, -0.25) is 4.79 Å². The molecule has 0 N–H and O–H groups in total. The monoisotopic (exact) mass is 313 g/mol. The van der Waals surface area contributed by atoms with E-state index in [0.717, 1.165) is 11.4 Å². The molecule has 2 rings (SSSR count). The molecule has 0 saturated carbocycles. The van der Waals surface area contributed by atoms with Gasteiger partial charge in [0.2, 0.25) is 5.78 Å². The van der Waals surface area contributed by atoms with Gasteiger partial charge >= 0.3 is 0 Å². The van der Waals surface area contributed by atoms with Gasteiger partial charge in [-0.15, -0.1) is 6.58 Å². The number of benzene rings is 1. The van der Waals surface area contributed by atoms with Crippen molar-refractivity contribution in [3.8, 4) is 11.5 Å². The molecular formula is C19H23NO3. The number of carbonyl (C=O) groups excluding carboxylic acids is 1. The number of Topliss-reactive ketones (excluding diaryl/α,β-unsaturated/α-hetero) is 1. The highest BCUT2D eigenvalue weighted by molar-refractivity contribution is 5.98. The van der Waals surface area contributed by atoms with Crippen LogP contribution in [0.3, 0.4) is 0 Å². The number of ketones is 1. The normalized spacial score (nSPS) is 10.4. The first kappa shape index (κ1) is 16.9. The highest BCUT2D eigenvalue weighted by atomic mass is 16.5. The zero-order valence-corrected chi connectivity index (χ0v) is 14.0. The van der Waals surface area contributed by atoms with Crippen molar-refractivity contribution >= 4 is 5.78 Å². The van der Waals surface area contributed by atoms with E-state index >= 15 is 0 Å². The molecule has 1 aromatic heterocycles. The van der Waals surface area contributed by atoms with Crippen LogP contribution in [-0.4, -0.2) is 23.6 Å². The van der Waals surface area contributed by atoms with Crippen LogP contribution in [0.15, 0.2) is 43.0 Å². The number of rotatable bonds is 8. The molecule has 0 aliphatic rings. The van der Waals surface area contributed by atoms with Gasteiger partial charge in [0.25, 0.3) is 0 Å². The van der Waals surface area contributed by atoms with Gasteiger partial charge in [0, 0.05) is 23.5 Å². The first-order chi connectivity index (χ1) is 11.1. The molecule has 4 heteroatoms. The third kappa shape index (κ3) is 3.83. The maximum Gasteiger partial charge on any atom is 0.202 e. The fraction of sp³-hybridized carbons (Fsp3) is 0.316. The van der Waals surface area contributed by atoms with Crippen molar-refractivity contribution in [1.82, 2.24) is 4.57 Å². The molecule has 0 saturated heterocycles. The van der Waals surface area contributed by atoms with E-state index < -0.39 is 0 Å². The maximum atomic E-state index is 12.5.